The minimum Gasteiger partial charge on any atom is -0.454 e. The zero-order chi connectivity index (χ0) is 19.6. The van der Waals surface area contributed by atoms with Gasteiger partial charge in [0.05, 0.1) is 6.26 Å². The summed E-state index contributed by atoms with van der Waals surface area (Å²) in [6, 6.07) is 7.80. The molecule has 2 heterocycles. The van der Waals surface area contributed by atoms with Crippen LogP contribution in [0.2, 0.25) is 0 Å². The lowest BCUT2D eigenvalue weighted by atomic mass is 9.96. The Kier molecular flexibility index (Phi) is 5.29. The molecule has 0 radical (unpaired) electrons. The smallest absolute Gasteiger partial charge is 0.325 e. The van der Waals surface area contributed by atoms with Crippen LogP contribution in [-0.4, -0.2) is 48.7 Å². The molecule has 1 aliphatic rings. The monoisotopic (exact) mass is 393 g/mol. The normalized spacial score (nSPS) is 17.2. The van der Waals surface area contributed by atoms with Gasteiger partial charge in [-0.1, -0.05) is 29.4 Å². The molecule has 144 valence electrons. The lowest BCUT2D eigenvalue weighted by Crippen LogP contribution is -2.49. The molecule has 3 rings (SSSR count). The molecule has 2 aromatic rings. The van der Waals surface area contributed by atoms with E-state index in [-0.39, 0.29) is 18.8 Å². The molecule has 0 fully saturated rings. The topological polar surface area (TPSA) is 119 Å². The average Bonchev–Trinajstić information content (AvgIpc) is 3.02. The minimum atomic E-state index is -3.64. The molecular formula is C17H19N3O6S. The molecule has 0 saturated carbocycles. The number of aromatic nitrogens is 1. The molecule has 1 amide bonds. The Morgan fingerprint density at radius 2 is 2.04 bits per heavy atom. The number of amides is 1. The van der Waals surface area contributed by atoms with Crippen LogP contribution in [0.1, 0.15) is 16.9 Å². The van der Waals surface area contributed by atoms with Crippen molar-refractivity contribution >= 4 is 27.7 Å². The molecule has 0 spiro atoms. The summed E-state index contributed by atoms with van der Waals surface area (Å²) < 4.78 is 35.2. The van der Waals surface area contributed by atoms with E-state index in [2.05, 4.69) is 10.5 Å². The van der Waals surface area contributed by atoms with Crippen LogP contribution in [0, 0.1) is 6.92 Å². The maximum Gasteiger partial charge on any atom is 0.325 e. The van der Waals surface area contributed by atoms with Crippen molar-refractivity contribution in [3.63, 3.8) is 0 Å². The number of ether oxygens (including phenoxy) is 1. The first-order valence-corrected chi connectivity index (χ1v) is 10.0. The molecule has 0 saturated heterocycles. The number of fused-ring (bicyclic) bond motifs is 1. The van der Waals surface area contributed by atoms with Gasteiger partial charge in [0.15, 0.2) is 12.4 Å². The number of carbonyl (C=O) groups is 2. The fourth-order valence-electron chi connectivity index (χ4n) is 2.89. The minimum absolute atomic E-state index is 0.0825. The Hall–Kier alpha value is -2.72. The van der Waals surface area contributed by atoms with E-state index in [1.54, 1.807) is 6.92 Å². The van der Waals surface area contributed by atoms with Gasteiger partial charge in [0.2, 0.25) is 10.0 Å². The largest absolute Gasteiger partial charge is 0.454 e. The first kappa shape index (κ1) is 19.1. The fourth-order valence-corrected chi connectivity index (χ4v) is 3.88. The van der Waals surface area contributed by atoms with Crippen molar-refractivity contribution in [2.24, 2.45) is 0 Å². The predicted molar refractivity (Wildman–Crippen MR) is 95.1 cm³/mol. The van der Waals surface area contributed by atoms with Gasteiger partial charge in [-0.25, -0.2) is 8.42 Å². The van der Waals surface area contributed by atoms with Gasteiger partial charge < -0.3 is 14.6 Å². The highest BCUT2D eigenvalue weighted by atomic mass is 32.2. The van der Waals surface area contributed by atoms with Crippen molar-refractivity contribution in [1.82, 2.24) is 9.46 Å². The van der Waals surface area contributed by atoms with E-state index in [1.165, 1.54) is 6.07 Å². The van der Waals surface area contributed by atoms with E-state index in [0.717, 1.165) is 21.7 Å². The summed E-state index contributed by atoms with van der Waals surface area (Å²) in [5.41, 5.74) is 1.72. The van der Waals surface area contributed by atoms with Gasteiger partial charge in [-0.05, 0) is 18.1 Å². The molecule has 1 aromatic carbocycles. The Labute approximate surface area is 156 Å². The number of rotatable bonds is 5. The second-order valence-corrected chi connectivity index (χ2v) is 8.21. The van der Waals surface area contributed by atoms with Crippen LogP contribution >= 0.6 is 0 Å². The average molecular weight is 393 g/mol. The predicted octanol–water partition coefficient (Wildman–Crippen LogP) is 0.851. The number of nitrogens with zero attached hydrogens (tertiary/aromatic N) is 2. The zero-order valence-corrected chi connectivity index (χ0v) is 15.7. The zero-order valence-electron chi connectivity index (χ0n) is 14.8. The third kappa shape index (κ3) is 4.52. The third-order valence-electron chi connectivity index (χ3n) is 4.14. The number of benzene rings is 1. The standard InChI is InChI=1S/C17H19N3O6S/c1-11-7-15(19-26-11)18-16(21)10-25-17(22)14-8-12-5-3-4-6-13(12)9-20(14)27(2,23)24/h3-7,14H,8-10H2,1-2H3,(H,18,19,21)/t14-/m0/s1. The number of aryl methyl sites for hydroxylation is 1. The van der Waals surface area contributed by atoms with Gasteiger partial charge in [-0.15, -0.1) is 0 Å². The quantitative estimate of drug-likeness (QED) is 0.748. The first-order chi connectivity index (χ1) is 12.7. The lowest BCUT2D eigenvalue weighted by Gasteiger charge is -2.33. The van der Waals surface area contributed by atoms with Gasteiger partial charge in [-0.3, -0.25) is 9.59 Å². The maximum absolute atomic E-state index is 12.5. The highest BCUT2D eigenvalue weighted by molar-refractivity contribution is 7.88. The van der Waals surface area contributed by atoms with E-state index in [1.807, 2.05) is 24.3 Å². The number of anilines is 1. The van der Waals surface area contributed by atoms with Crippen LogP contribution in [0.4, 0.5) is 5.82 Å². The summed E-state index contributed by atoms with van der Waals surface area (Å²) in [5.74, 6) is -0.648. The Morgan fingerprint density at radius 1 is 1.33 bits per heavy atom. The summed E-state index contributed by atoms with van der Waals surface area (Å²) in [5, 5.41) is 6.03. The summed E-state index contributed by atoms with van der Waals surface area (Å²) >= 11 is 0. The van der Waals surface area contributed by atoms with Crippen LogP contribution < -0.4 is 5.32 Å². The number of hydrogen-bond donors (Lipinski definition) is 1. The summed E-state index contributed by atoms with van der Waals surface area (Å²) in [6.45, 7) is 1.20. The van der Waals surface area contributed by atoms with Crippen molar-refractivity contribution < 1.29 is 27.3 Å². The van der Waals surface area contributed by atoms with Crippen LogP contribution in [0.5, 0.6) is 0 Å². The van der Waals surface area contributed by atoms with E-state index in [0.29, 0.717) is 5.76 Å². The van der Waals surface area contributed by atoms with Crippen molar-refractivity contribution in [3.8, 4) is 0 Å². The molecule has 1 N–H and O–H groups in total. The number of carbonyl (C=O) groups excluding carboxylic acids is 2. The molecule has 1 aliphatic heterocycles. The number of nitrogens with one attached hydrogen (secondary N) is 1. The van der Waals surface area contributed by atoms with Crippen molar-refractivity contribution in [2.45, 2.75) is 25.9 Å². The molecule has 9 nitrogen and oxygen atoms in total. The molecule has 0 unspecified atom stereocenters. The maximum atomic E-state index is 12.5. The molecule has 10 heteroatoms. The van der Waals surface area contributed by atoms with E-state index < -0.39 is 34.5 Å². The van der Waals surface area contributed by atoms with Crippen LogP contribution in [-0.2, 0) is 37.3 Å². The highest BCUT2D eigenvalue weighted by Crippen LogP contribution is 2.26. The Morgan fingerprint density at radius 3 is 2.67 bits per heavy atom. The van der Waals surface area contributed by atoms with Crippen LogP contribution in [0.3, 0.4) is 0 Å². The molecule has 27 heavy (non-hydrogen) atoms. The second-order valence-electron chi connectivity index (χ2n) is 6.28. The van der Waals surface area contributed by atoms with Crippen LogP contribution in [0.15, 0.2) is 34.9 Å². The third-order valence-corrected chi connectivity index (χ3v) is 5.38. The number of sulfonamides is 1. The molecule has 1 aromatic heterocycles. The molecule has 0 aliphatic carbocycles. The van der Waals surface area contributed by atoms with Gasteiger partial charge >= 0.3 is 5.97 Å². The van der Waals surface area contributed by atoms with E-state index in [9.17, 15) is 18.0 Å². The summed E-state index contributed by atoms with van der Waals surface area (Å²) in [4.78, 5) is 24.4. The van der Waals surface area contributed by atoms with Gasteiger partial charge in [-0.2, -0.15) is 4.31 Å². The SMILES string of the molecule is Cc1cc(NC(=O)COC(=O)[C@@H]2Cc3ccccc3CN2S(C)(=O)=O)no1. The Balaban J connectivity index is 1.67. The van der Waals surface area contributed by atoms with Crippen molar-refractivity contribution in [2.75, 3.05) is 18.2 Å². The molecule has 1 atom stereocenters. The number of esters is 1. The van der Waals surface area contributed by atoms with Gasteiger partial charge in [0, 0.05) is 19.0 Å². The highest BCUT2D eigenvalue weighted by Gasteiger charge is 2.38. The lowest BCUT2D eigenvalue weighted by molar-refractivity contribution is -0.151. The van der Waals surface area contributed by atoms with Gasteiger partial charge in [0.1, 0.15) is 11.8 Å². The first-order valence-electron chi connectivity index (χ1n) is 8.17. The molecule has 0 bridgehead atoms. The number of hydrogen-bond acceptors (Lipinski definition) is 7. The fraction of sp³-hybridized carbons (Fsp3) is 0.353. The van der Waals surface area contributed by atoms with E-state index in [4.69, 9.17) is 9.26 Å². The van der Waals surface area contributed by atoms with Crippen molar-refractivity contribution in [1.29, 1.82) is 0 Å². The van der Waals surface area contributed by atoms with Crippen molar-refractivity contribution in [3.05, 3.63) is 47.2 Å². The second kappa shape index (κ2) is 7.49. The summed E-state index contributed by atoms with van der Waals surface area (Å²) in [6.07, 6.45) is 1.23. The van der Waals surface area contributed by atoms with E-state index >= 15 is 0 Å². The summed E-state index contributed by atoms with van der Waals surface area (Å²) in [7, 11) is -3.64. The van der Waals surface area contributed by atoms with Gasteiger partial charge in [0.25, 0.3) is 5.91 Å². The molecular weight excluding hydrogens is 374 g/mol. The van der Waals surface area contributed by atoms with Crippen LogP contribution in [0.25, 0.3) is 0 Å². The Bertz CT molecular complexity index is 969.